The molecule has 0 atom stereocenters. The van der Waals surface area contributed by atoms with Crippen molar-refractivity contribution in [1.82, 2.24) is 9.97 Å². The normalized spacial score (nSPS) is 12.1. The Morgan fingerprint density at radius 2 is 1.79 bits per heavy atom. The SMILES string of the molecule is O=c1[nH]c2nc(-c3cccs3)cc(C(F)(F)F)c2c2ccccc12. The number of fused-ring (bicyclic) bond motifs is 3. The van der Waals surface area contributed by atoms with E-state index in [1.165, 1.54) is 23.5 Å². The number of pyridine rings is 2. The summed E-state index contributed by atoms with van der Waals surface area (Å²) >= 11 is 1.29. The number of nitrogens with zero attached hydrogens (tertiary/aromatic N) is 1. The lowest BCUT2D eigenvalue weighted by Gasteiger charge is -2.13. The van der Waals surface area contributed by atoms with E-state index in [-0.39, 0.29) is 27.5 Å². The van der Waals surface area contributed by atoms with Crippen LogP contribution in [0, 0.1) is 0 Å². The molecule has 1 aromatic carbocycles. The van der Waals surface area contributed by atoms with Crippen molar-refractivity contribution in [3.05, 3.63) is 63.8 Å². The molecule has 3 heterocycles. The van der Waals surface area contributed by atoms with Crippen molar-refractivity contribution in [3.63, 3.8) is 0 Å². The quantitative estimate of drug-likeness (QED) is 0.502. The number of benzene rings is 1. The lowest BCUT2D eigenvalue weighted by Crippen LogP contribution is -2.12. The molecule has 4 aromatic rings. The lowest BCUT2D eigenvalue weighted by atomic mass is 10.0. The van der Waals surface area contributed by atoms with Gasteiger partial charge in [-0.3, -0.25) is 4.79 Å². The van der Waals surface area contributed by atoms with Gasteiger partial charge in [0, 0.05) is 10.8 Å². The number of hydrogen-bond acceptors (Lipinski definition) is 3. The molecule has 7 heteroatoms. The zero-order chi connectivity index (χ0) is 16.9. The predicted molar refractivity (Wildman–Crippen MR) is 88.2 cm³/mol. The minimum absolute atomic E-state index is 0.0584. The van der Waals surface area contributed by atoms with Crippen molar-refractivity contribution in [2.75, 3.05) is 0 Å². The van der Waals surface area contributed by atoms with Gasteiger partial charge < -0.3 is 4.98 Å². The first kappa shape index (κ1) is 14.9. The first-order valence-corrected chi connectivity index (χ1v) is 7.90. The van der Waals surface area contributed by atoms with Gasteiger partial charge in [-0.05, 0) is 29.0 Å². The zero-order valence-electron chi connectivity index (χ0n) is 12.0. The molecule has 0 unspecified atom stereocenters. The van der Waals surface area contributed by atoms with Gasteiger partial charge >= 0.3 is 6.18 Å². The van der Waals surface area contributed by atoms with Crippen LogP contribution in [0.5, 0.6) is 0 Å². The Morgan fingerprint density at radius 1 is 1.04 bits per heavy atom. The molecule has 1 N–H and O–H groups in total. The molecule has 0 amide bonds. The van der Waals surface area contributed by atoms with E-state index in [2.05, 4.69) is 9.97 Å². The van der Waals surface area contributed by atoms with E-state index in [1.54, 1.807) is 29.6 Å². The van der Waals surface area contributed by atoms with Gasteiger partial charge in [-0.25, -0.2) is 4.98 Å². The molecule has 0 radical (unpaired) electrons. The lowest BCUT2D eigenvalue weighted by molar-refractivity contribution is -0.136. The molecule has 3 aromatic heterocycles. The summed E-state index contributed by atoms with van der Waals surface area (Å²) in [7, 11) is 0. The van der Waals surface area contributed by atoms with Gasteiger partial charge in [-0.2, -0.15) is 13.2 Å². The van der Waals surface area contributed by atoms with Crippen LogP contribution < -0.4 is 5.56 Å². The average molecular weight is 346 g/mol. The molecule has 0 aliphatic heterocycles. The second-order valence-electron chi connectivity index (χ2n) is 5.25. The van der Waals surface area contributed by atoms with Crippen LogP contribution in [-0.2, 0) is 6.18 Å². The Balaban J connectivity index is 2.21. The van der Waals surface area contributed by atoms with E-state index < -0.39 is 17.3 Å². The highest BCUT2D eigenvalue weighted by Crippen LogP contribution is 2.39. The summed E-state index contributed by atoms with van der Waals surface area (Å²) in [5, 5.41) is 2.13. The maximum atomic E-state index is 13.7. The van der Waals surface area contributed by atoms with Crippen molar-refractivity contribution >= 4 is 33.1 Å². The van der Waals surface area contributed by atoms with E-state index in [9.17, 15) is 18.0 Å². The molecule has 0 bridgehead atoms. The second kappa shape index (κ2) is 5.17. The third-order valence-electron chi connectivity index (χ3n) is 3.77. The van der Waals surface area contributed by atoms with Crippen molar-refractivity contribution in [2.45, 2.75) is 6.18 Å². The smallest absolute Gasteiger partial charge is 0.306 e. The van der Waals surface area contributed by atoms with Crippen molar-refractivity contribution in [3.8, 4) is 10.6 Å². The highest BCUT2D eigenvalue weighted by Gasteiger charge is 2.34. The highest BCUT2D eigenvalue weighted by atomic mass is 32.1. The maximum Gasteiger partial charge on any atom is 0.417 e. The topological polar surface area (TPSA) is 45.8 Å². The van der Waals surface area contributed by atoms with Crippen LogP contribution in [0.2, 0.25) is 0 Å². The Bertz CT molecular complexity index is 1110. The van der Waals surface area contributed by atoms with Gasteiger partial charge in [0.2, 0.25) is 0 Å². The summed E-state index contributed by atoms with van der Waals surface area (Å²) in [5.41, 5.74) is -1.13. The van der Waals surface area contributed by atoms with E-state index in [1.807, 2.05) is 0 Å². The van der Waals surface area contributed by atoms with Gasteiger partial charge in [0.15, 0.2) is 0 Å². The summed E-state index contributed by atoms with van der Waals surface area (Å²) in [5.74, 6) is 0. The molecule has 4 rings (SSSR count). The van der Waals surface area contributed by atoms with Gasteiger partial charge in [0.25, 0.3) is 5.56 Å². The largest absolute Gasteiger partial charge is 0.417 e. The molecular formula is C17H9F3N2OS. The summed E-state index contributed by atoms with van der Waals surface area (Å²) in [6.45, 7) is 0. The molecule has 0 aliphatic rings. The molecule has 3 nitrogen and oxygen atoms in total. The number of rotatable bonds is 1. The van der Waals surface area contributed by atoms with Gasteiger partial charge in [0.1, 0.15) is 5.65 Å². The summed E-state index contributed by atoms with van der Waals surface area (Å²) in [6, 6.07) is 10.7. The molecule has 0 saturated heterocycles. The predicted octanol–water partition coefficient (Wildman–Crippen LogP) is 4.82. The minimum Gasteiger partial charge on any atom is -0.306 e. The fourth-order valence-electron chi connectivity index (χ4n) is 2.76. The van der Waals surface area contributed by atoms with Crippen LogP contribution in [0.1, 0.15) is 5.56 Å². The van der Waals surface area contributed by atoms with Crippen molar-refractivity contribution < 1.29 is 13.2 Å². The number of nitrogens with one attached hydrogen (secondary N) is 1. The Morgan fingerprint density at radius 3 is 2.46 bits per heavy atom. The van der Waals surface area contributed by atoms with Crippen molar-refractivity contribution in [2.24, 2.45) is 0 Å². The fourth-order valence-corrected chi connectivity index (χ4v) is 3.44. The summed E-state index contributed by atoms with van der Waals surface area (Å²) in [4.78, 5) is 19.5. The number of halogens is 3. The Hall–Kier alpha value is -2.67. The monoisotopic (exact) mass is 346 g/mol. The van der Waals surface area contributed by atoms with Crippen LogP contribution >= 0.6 is 11.3 Å². The van der Waals surface area contributed by atoms with Crippen LogP contribution in [-0.4, -0.2) is 9.97 Å². The Kier molecular flexibility index (Phi) is 3.21. The zero-order valence-corrected chi connectivity index (χ0v) is 12.8. The van der Waals surface area contributed by atoms with E-state index in [0.717, 1.165) is 6.07 Å². The number of H-pyrrole nitrogens is 1. The molecule has 0 aliphatic carbocycles. The maximum absolute atomic E-state index is 13.7. The van der Waals surface area contributed by atoms with E-state index in [4.69, 9.17) is 0 Å². The van der Waals surface area contributed by atoms with E-state index in [0.29, 0.717) is 4.88 Å². The minimum atomic E-state index is -4.56. The van der Waals surface area contributed by atoms with Crippen LogP contribution in [0.25, 0.3) is 32.4 Å². The third-order valence-corrected chi connectivity index (χ3v) is 4.66. The van der Waals surface area contributed by atoms with Gasteiger partial charge in [-0.15, -0.1) is 11.3 Å². The standard InChI is InChI=1S/C17H9F3N2OS/c18-17(19,20)11-8-12(13-6-3-7-24-13)21-15-14(11)9-4-1-2-5-10(9)16(23)22-15/h1-8H,(H,21,22,23). The number of aromatic amines is 1. The second-order valence-corrected chi connectivity index (χ2v) is 6.20. The summed E-state index contributed by atoms with van der Waals surface area (Å²) < 4.78 is 41.0. The van der Waals surface area contributed by atoms with E-state index >= 15 is 0 Å². The third kappa shape index (κ3) is 2.28. The Labute approximate surface area is 137 Å². The molecular weight excluding hydrogens is 337 g/mol. The molecule has 0 spiro atoms. The van der Waals surface area contributed by atoms with Crippen LogP contribution in [0.3, 0.4) is 0 Å². The first-order chi connectivity index (χ1) is 11.4. The van der Waals surface area contributed by atoms with Gasteiger partial charge in [0.05, 0.1) is 16.1 Å². The number of aromatic nitrogens is 2. The number of thiophene rings is 1. The molecule has 0 saturated carbocycles. The average Bonchev–Trinajstić information content (AvgIpc) is 3.07. The fraction of sp³-hybridized carbons (Fsp3) is 0.0588. The van der Waals surface area contributed by atoms with Crippen LogP contribution in [0.4, 0.5) is 13.2 Å². The molecule has 120 valence electrons. The summed E-state index contributed by atoms with van der Waals surface area (Å²) in [6.07, 6.45) is -4.56. The highest BCUT2D eigenvalue weighted by molar-refractivity contribution is 7.13. The molecule has 0 fully saturated rings. The van der Waals surface area contributed by atoms with Crippen molar-refractivity contribution in [1.29, 1.82) is 0 Å². The van der Waals surface area contributed by atoms with Gasteiger partial charge in [-0.1, -0.05) is 24.3 Å². The first-order valence-electron chi connectivity index (χ1n) is 7.02. The number of alkyl halides is 3. The molecule has 24 heavy (non-hydrogen) atoms. The number of hydrogen-bond donors (Lipinski definition) is 1. The van der Waals surface area contributed by atoms with Crippen LogP contribution in [0.15, 0.2) is 52.6 Å².